The number of methoxy groups -OCH3 is 1. The molecule has 3 rings (SSSR count). The predicted molar refractivity (Wildman–Crippen MR) is 93.9 cm³/mol. The molecule has 0 spiro atoms. The van der Waals surface area contributed by atoms with Crippen molar-refractivity contribution in [1.82, 2.24) is 20.2 Å². The van der Waals surface area contributed by atoms with E-state index in [1.807, 2.05) is 54.6 Å². The van der Waals surface area contributed by atoms with Gasteiger partial charge in [-0.25, -0.2) is 0 Å². The van der Waals surface area contributed by atoms with Gasteiger partial charge < -0.3 is 10.1 Å². The Labute approximate surface area is 145 Å². The summed E-state index contributed by atoms with van der Waals surface area (Å²) in [4.78, 5) is 12.7. The Hall–Kier alpha value is -3.22. The maximum Gasteiger partial charge on any atom is 0.325 e. The van der Waals surface area contributed by atoms with Crippen molar-refractivity contribution in [3.8, 4) is 11.4 Å². The SMILES string of the molecule is COC(=O)CNc1ccc(CCn2nnc(-c3ccccc3)n2)cc1. The first-order valence-corrected chi connectivity index (χ1v) is 7.97. The van der Waals surface area contributed by atoms with Gasteiger partial charge in [0.1, 0.15) is 6.54 Å². The van der Waals surface area contributed by atoms with Crippen molar-refractivity contribution in [2.75, 3.05) is 19.0 Å². The fourth-order valence-corrected chi connectivity index (χ4v) is 2.31. The fraction of sp³-hybridized carbons (Fsp3) is 0.222. The van der Waals surface area contributed by atoms with Gasteiger partial charge in [0.25, 0.3) is 0 Å². The molecule has 0 amide bonds. The smallest absolute Gasteiger partial charge is 0.325 e. The molecule has 7 heteroatoms. The Morgan fingerprint density at radius 1 is 1.12 bits per heavy atom. The third-order valence-electron chi connectivity index (χ3n) is 3.70. The van der Waals surface area contributed by atoms with Gasteiger partial charge in [-0.1, -0.05) is 42.5 Å². The van der Waals surface area contributed by atoms with Crippen LogP contribution in [-0.4, -0.2) is 39.8 Å². The summed E-state index contributed by atoms with van der Waals surface area (Å²) in [5.74, 6) is 0.332. The summed E-state index contributed by atoms with van der Waals surface area (Å²) in [6.07, 6.45) is 0.794. The molecule has 0 saturated carbocycles. The van der Waals surface area contributed by atoms with Gasteiger partial charge in [-0.3, -0.25) is 4.79 Å². The Morgan fingerprint density at radius 2 is 1.88 bits per heavy atom. The van der Waals surface area contributed by atoms with Crippen LogP contribution in [0, 0.1) is 0 Å². The molecule has 1 N–H and O–H groups in total. The van der Waals surface area contributed by atoms with Crippen molar-refractivity contribution >= 4 is 11.7 Å². The minimum atomic E-state index is -0.296. The lowest BCUT2D eigenvalue weighted by Crippen LogP contribution is -2.14. The number of carbonyl (C=O) groups excluding carboxylic acids is 1. The first kappa shape index (κ1) is 16.6. The summed E-state index contributed by atoms with van der Waals surface area (Å²) in [5.41, 5.74) is 2.98. The van der Waals surface area contributed by atoms with Gasteiger partial charge in [-0.05, 0) is 29.3 Å². The summed E-state index contributed by atoms with van der Waals surface area (Å²) >= 11 is 0. The standard InChI is InChI=1S/C18H19N5O2/c1-25-17(24)13-19-16-9-7-14(8-10-16)11-12-23-21-18(20-22-23)15-5-3-2-4-6-15/h2-10,19H,11-13H2,1H3. The zero-order valence-corrected chi connectivity index (χ0v) is 13.9. The summed E-state index contributed by atoms with van der Waals surface area (Å²) in [5, 5.41) is 15.6. The Bertz CT molecular complexity index is 815. The predicted octanol–water partition coefficient (Wildman–Crippen LogP) is 2.17. The maximum atomic E-state index is 11.1. The molecule has 1 aromatic heterocycles. The number of rotatable bonds is 7. The average Bonchev–Trinajstić information content (AvgIpc) is 3.15. The molecule has 0 aliphatic heterocycles. The van der Waals surface area contributed by atoms with Crippen LogP contribution in [0.2, 0.25) is 0 Å². The van der Waals surface area contributed by atoms with Gasteiger partial charge in [0.2, 0.25) is 5.82 Å². The molecule has 0 aliphatic carbocycles. The molecule has 0 atom stereocenters. The van der Waals surface area contributed by atoms with Crippen LogP contribution in [0.5, 0.6) is 0 Å². The molecule has 0 saturated heterocycles. The van der Waals surface area contributed by atoms with Crippen LogP contribution in [0.15, 0.2) is 54.6 Å². The number of nitrogens with zero attached hydrogens (tertiary/aromatic N) is 4. The first-order valence-electron chi connectivity index (χ1n) is 7.97. The highest BCUT2D eigenvalue weighted by Crippen LogP contribution is 2.13. The summed E-state index contributed by atoms with van der Waals surface area (Å²) in [7, 11) is 1.37. The number of hydrogen-bond donors (Lipinski definition) is 1. The van der Waals surface area contributed by atoms with E-state index in [1.54, 1.807) is 4.80 Å². The third-order valence-corrected chi connectivity index (χ3v) is 3.70. The highest BCUT2D eigenvalue weighted by atomic mass is 16.5. The molecule has 25 heavy (non-hydrogen) atoms. The van der Waals surface area contributed by atoms with Crippen LogP contribution in [0.25, 0.3) is 11.4 Å². The van der Waals surface area contributed by atoms with Crippen LogP contribution in [-0.2, 0) is 22.5 Å². The molecule has 0 radical (unpaired) electrons. The number of anilines is 1. The molecule has 7 nitrogen and oxygen atoms in total. The van der Waals surface area contributed by atoms with Crippen molar-refractivity contribution < 1.29 is 9.53 Å². The zero-order valence-electron chi connectivity index (χ0n) is 13.9. The van der Waals surface area contributed by atoms with E-state index in [1.165, 1.54) is 7.11 Å². The zero-order chi connectivity index (χ0) is 17.5. The topological polar surface area (TPSA) is 81.9 Å². The summed E-state index contributed by atoms with van der Waals surface area (Å²) in [6, 6.07) is 17.7. The van der Waals surface area contributed by atoms with E-state index in [0.29, 0.717) is 12.4 Å². The van der Waals surface area contributed by atoms with E-state index in [4.69, 9.17) is 0 Å². The van der Waals surface area contributed by atoms with Gasteiger partial charge in [0, 0.05) is 11.3 Å². The fourth-order valence-electron chi connectivity index (χ4n) is 2.31. The number of carbonyl (C=O) groups is 1. The number of nitrogens with one attached hydrogen (secondary N) is 1. The molecule has 1 heterocycles. The second-order valence-corrected chi connectivity index (χ2v) is 5.45. The van der Waals surface area contributed by atoms with Gasteiger partial charge in [0.05, 0.1) is 13.7 Å². The lowest BCUT2D eigenvalue weighted by atomic mass is 10.1. The van der Waals surface area contributed by atoms with Crippen LogP contribution in [0.4, 0.5) is 5.69 Å². The molecule has 0 aliphatic rings. The molecular weight excluding hydrogens is 318 g/mol. The number of ether oxygens (including phenoxy) is 1. The van der Waals surface area contributed by atoms with Crippen LogP contribution >= 0.6 is 0 Å². The molecule has 3 aromatic rings. The highest BCUT2D eigenvalue weighted by molar-refractivity contribution is 5.74. The van der Waals surface area contributed by atoms with Crippen molar-refractivity contribution in [3.05, 3.63) is 60.2 Å². The number of esters is 1. The van der Waals surface area contributed by atoms with E-state index < -0.39 is 0 Å². The van der Waals surface area contributed by atoms with Crippen molar-refractivity contribution in [2.24, 2.45) is 0 Å². The molecule has 0 bridgehead atoms. The van der Waals surface area contributed by atoms with Crippen molar-refractivity contribution in [3.63, 3.8) is 0 Å². The number of tetrazole rings is 1. The number of aryl methyl sites for hydroxylation is 2. The molecule has 2 aromatic carbocycles. The largest absolute Gasteiger partial charge is 0.468 e. The average molecular weight is 337 g/mol. The molecule has 0 fully saturated rings. The molecular formula is C18H19N5O2. The maximum absolute atomic E-state index is 11.1. The Morgan fingerprint density at radius 3 is 2.60 bits per heavy atom. The number of aromatic nitrogens is 4. The lowest BCUT2D eigenvalue weighted by molar-refractivity contribution is -0.138. The van der Waals surface area contributed by atoms with E-state index in [0.717, 1.165) is 23.2 Å². The minimum Gasteiger partial charge on any atom is -0.468 e. The van der Waals surface area contributed by atoms with E-state index in [2.05, 4.69) is 25.5 Å². The second-order valence-electron chi connectivity index (χ2n) is 5.45. The normalized spacial score (nSPS) is 10.4. The third kappa shape index (κ3) is 4.63. The minimum absolute atomic E-state index is 0.154. The van der Waals surface area contributed by atoms with Gasteiger partial charge in [0.15, 0.2) is 0 Å². The van der Waals surface area contributed by atoms with Crippen LogP contribution < -0.4 is 5.32 Å². The van der Waals surface area contributed by atoms with E-state index >= 15 is 0 Å². The van der Waals surface area contributed by atoms with Crippen molar-refractivity contribution in [1.29, 1.82) is 0 Å². The monoisotopic (exact) mass is 337 g/mol. The van der Waals surface area contributed by atoms with Crippen molar-refractivity contribution in [2.45, 2.75) is 13.0 Å². The van der Waals surface area contributed by atoms with Gasteiger partial charge >= 0.3 is 5.97 Å². The molecule has 128 valence electrons. The summed E-state index contributed by atoms with van der Waals surface area (Å²) in [6.45, 7) is 0.801. The van der Waals surface area contributed by atoms with Crippen LogP contribution in [0.3, 0.4) is 0 Å². The van der Waals surface area contributed by atoms with E-state index in [-0.39, 0.29) is 12.5 Å². The number of hydrogen-bond acceptors (Lipinski definition) is 6. The van der Waals surface area contributed by atoms with Crippen LogP contribution in [0.1, 0.15) is 5.56 Å². The second kappa shape index (κ2) is 8.05. The number of benzene rings is 2. The highest BCUT2D eigenvalue weighted by Gasteiger charge is 2.05. The molecule has 0 unspecified atom stereocenters. The quantitative estimate of drug-likeness (QED) is 0.665. The Balaban J connectivity index is 1.53. The van der Waals surface area contributed by atoms with Gasteiger partial charge in [-0.2, -0.15) is 4.80 Å². The summed E-state index contributed by atoms with van der Waals surface area (Å²) < 4.78 is 4.59. The van der Waals surface area contributed by atoms with E-state index in [9.17, 15) is 4.79 Å². The Kier molecular flexibility index (Phi) is 5.36. The van der Waals surface area contributed by atoms with Gasteiger partial charge in [-0.15, -0.1) is 10.2 Å². The first-order chi connectivity index (χ1) is 12.2. The lowest BCUT2D eigenvalue weighted by Gasteiger charge is -2.06.